The first-order chi connectivity index (χ1) is 14.6. The summed E-state index contributed by atoms with van der Waals surface area (Å²) in [5.41, 5.74) is 0. The van der Waals surface area contributed by atoms with Crippen molar-refractivity contribution in [3.63, 3.8) is 0 Å². The number of carbonyl (C=O) groups excluding carboxylic acids is 1. The Balaban J connectivity index is 0.000000703. The summed E-state index contributed by atoms with van der Waals surface area (Å²) in [6.07, 6.45) is 0.225. The maximum absolute atomic E-state index is 13.7. The minimum Gasteiger partial charge on any atom is -0.405 e. The van der Waals surface area contributed by atoms with Crippen molar-refractivity contribution in [1.29, 1.82) is 0 Å². The zero-order chi connectivity index (χ0) is 23.6. The van der Waals surface area contributed by atoms with Crippen LogP contribution in [0.15, 0.2) is 30.3 Å². The first kappa shape index (κ1) is 26.5. The van der Waals surface area contributed by atoms with Crippen molar-refractivity contribution < 1.29 is 45.1 Å². The number of rotatable bonds is 9. The Kier molecular flexibility index (Phi) is 10.6. The van der Waals surface area contributed by atoms with Crippen LogP contribution in [0, 0.1) is 35.0 Å². The molecule has 172 valence electrons. The lowest BCUT2D eigenvalue weighted by Gasteiger charge is -2.20. The van der Waals surface area contributed by atoms with Crippen LogP contribution in [-0.4, -0.2) is 26.5 Å². The van der Waals surface area contributed by atoms with E-state index in [-0.39, 0.29) is 12.0 Å². The summed E-state index contributed by atoms with van der Waals surface area (Å²) in [6.45, 7) is 4.49. The first-order valence-corrected chi connectivity index (χ1v) is 10.3. The second-order valence-electron chi connectivity index (χ2n) is 6.27. The van der Waals surface area contributed by atoms with E-state index in [1.54, 1.807) is 13.2 Å². The Morgan fingerprint density at radius 3 is 1.87 bits per heavy atom. The third-order valence-electron chi connectivity index (χ3n) is 3.22. The summed E-state index contributed by atoms with van der Waals surface area (Å²) in [7, 11) is -2.98. The third-order valence-corrected chi connectivity index (χ3v) is 4.66. The van der Waals surface area contributed by atoms with Crippen molar-refractivity contribution in [2.45, 2.75) is 13.8 Å². The fourth-order valence-electron chi connectivity index (χ4n) is 1.97. The van der Waals surface area contributed by atoms with Crippen LogP contribution in [0.5, 0.6) is 11.5 Å². The Morgan fingerprint density at radius 1 is 0.935 bits per heavy atom. The molecule has 0 aromatic heterocycles. The zero-order valence-corrected chi connectivity index (χ0v) is 17.7. The number of aldehydes is 1. The van der Waals surface area contributed by atoms with Gasteiger partial charge in [0.1, 0.15) is 12.0 Å². The SMILES string of the molecule is COCC(C)C.O=CCNP(=O)(Oc1ccccc1)Oc1c(F)c(F)c(F)c(F)c1F. The average Bonchev–Trinajstić information content (AvgIpc) is 2.74. The molecular weight excluding hydrogens is 448 g/mol. The van der Waals surface area contributed by atoms with Gasteiger partial charge in [0, 0.05) is 13.7 Å². The number of methoxy groups -OCH3 is 1. The summed E-state index contributed by atoms with van der Waals surface area (Å²) in [5, 5.41) is 1.92. The molecule has 31 heavy (non-hydrogen) atoms. The van der Waals surface area contributed by atoms with E-state index in [9.17, 15) is 31.3 Å². The van der Waals surface area contributed by atoms with Crippen molar-refractivity contribution in [3.8, 4) is 11.5 Å². The molecule has 0 saturated carbocycles. The first-order valence-electron chi connectivity index (χ1n) is 8.79. The fraction of sp³-hybridized carbons (Fsp3) is 0.316. The summed E-state index contributed by atoms with van der Waals surface area (Å²) >= 11 is 0. The van der Waals surface area contributed by atoms with Crippen molar-refractivity contribution in [1.82, 2.24) is 5.09 Å². The van der Waals surface area contributed by atoms with E-state index in [1.165, 1.54) is 24.3 Å². The molecule has 0 heterocycles. The van der Waals surface area contributed by atoms with Gasteiger partial charge in [-0.2, -0.15) is 13.9 Å². The van der Waals surface area contributed by atoms with E-state index in [0.717, 1.165) is 6.61 Å². The topological polar surface area (TPSA) is 73.9 Å². The molecule has 2 aromatic carbocycles. The molecule has 0 fully saturated rings. The highest BCUT2D eigenvalue weighted by Gasteiger charge is 2.35. The minimum atomic E-state index is -4.71. The highest BCUT2D eigenvalue weighted by Crippen LogP contribution is 2.46. The number of halogens is 5. The quantitative estimate of drug-likeness (QED) is 0.183. The summed E-state index contributed by atoms with van der Waals surface area (Å²) in [5.74, 6) is -12.9. The highest BCUT2D eigenvalue weighted by atomic mass is 31.2. The second kappa shape index (κ2) is 12.4. The van der Waals surface area contributed by atoms with Crippen molar-refractivity contribution in [3.05, 3.63) is 59.4 Å². The van der Waals surface area contributed by atoms with Gasteiger partial charge in [0.2, 0.25) is 34.8 Å². The van der Waals surface area contributed by atoms with Crippen molar-refractivity contribution >= 4 is 14.0 Å². The van der Waals surface area contributed by atoms with E-state index < -0.39 is 49.1 Å². The molecule has 0 radical (unpaired) electrons. The van der Waals surface area contributed by atoms with Crippen LogP contribution < -0.4 is 14.1 Å². The molecule has 6 nitrogen and oxygen atoms in total. The van der Waals surface area contributed by atoms with Gasteiger partial charge in [0.25, 0.3) is 0 Å². The maximum Gasteiger partial charge on any atom is 0.513 e. The van der Waals surface area contributed by atoms with Gasteiger partial charge >= 0.3 is 7.75 Å². The Morgan fingerprint density at radius 2 is 1.45 bits per heavy atom. The van der Waals surface area contributed by atoms with Gasteiger partial charge in [-0.15, -0.1) is 0 Å². The lowest BCUT2D eigenvalue weighted by molar-refractivity contribution is -0.107. The molecule has 0 bridgehead atoms. The molecule has 0 spiro atoms. The smallest absolute Gasteiger partial charge is 0.405 e. The van der Waals surface area contributed by atoms with Gasteiger partial charge in [0.15, 0.2) is 0 Å². The van der Waals surface area contributed by atoms with Crippen LogP contribution >= 0.6 is 7.75 Å². The van der Waals surface area contributed by atoms with Crippen LogP contribution in [0.25, 0.3) is 0 Å². The van der Waals surface area contributed by atoms with Crippen LogP contribution in [-0.2, 0) is 14.1 Å². The second-order valence-corrected chi connectivity index (χ2v) is 7.95. The van der Waals surface area contributed by atoms with E-state index in [2.05, 4.69) is 18.4 Å². The van der Waals surface area contributed by atoms with Gasteiger partial charge in [-0.25, -0.2) is 17.7 Å². The predicted octanol–water partition coefficient (Wildman–Crippen LogP) is 5.03. The highest BCUT2D eigenvalue weighted by molar-refractivity contribution is 7.52. The number of benzene rings is 2. The molecule has 12 heteroatoms. The Labute approximate surface area is 175 Å². The summed E-state index contributed by atoms with van der Waals surface area (Å²) in [4.78, 5) is 10.4. The van der Waals surface area contributed by atoms with Crippen LogP contribution in [0.3, 0.4) is 0 Å². The normalized spacial score (nSPS) is 12.5. The van der Waals surface area contributed by atoms with Gasteiger partial charge in [-0.05, 0) is 18.1 Å². The summed E-state index contributed by atoms with van der Waals surface area (Å²) < 4.78 is 93.5. The maximum atomic E-state index is 13.7. The van der Waals surface area contributed by atoms with E-state index in [0.29, 0.717) is 5.92 Å². The monoisotopic (exact) mass is 469 g/mol. The number of hydrogen-bond donors (Lipinski definition) is 1. The van der Waals surface area contributed by atoms with Crippen LogP contribution in [0.2, 0.25) is 0 Å². The van der Waals surface area contributed by atoms with Gasteiger partial charge in [-0.1, -0.05) is 32.0 Å². The molecule has 2 aromatic rings. The molecule has 1 atom stereocenters. The Bertz CT molecular complexity index is 885. The number of ether oxygens (including phenoxy) is 1. The minimum absolute atomic E-state index is 0.104. The van der Waals surface area contributed by atoms with Crippen molar-refractivity contribution in [2.75, 3.05) is 20.3 Å². The molecule has 0 aliphatic carbocycles. The molecule has 0 aliphatic heterocycles. The molecule has 0 aliphatic rings. The number of carbonyl (C=O) groups is 1. The van der Waals surface area contributed by atoms with E-state index in [4.69, 9.17) is 9.26 Å². The Hall–Kier alpha value is -2.49. The van der Waals surface area contributed by atoms with Crippen molar-refractivity contribution in [2.24, 2.45) is 5.92 Å². The average molecular weight is 469 g/mol. The number of nitrogens with one attached hydrogen (secondary N) is 1. The number of para-hydroxylation sites is 1. The standard InChI is InChI=1S/C14H9F5NO4P.C5H12O/c15-9-10(16)12(18)14(13(19)11(9)17)24-25(22,20-6-7-21)23-8-4-2-1-3-5-8;1-5(2)4-6-3/h1-5,7H,6H2,(H,20,22);5H,4H2,1-3H3. The molecule has 2 rings (SSSR count). The molecular formula is C19H21F5NO5P. The van der Waals surface area contributed by atoms with E-state index >= 15 is 0 Å². The molecule has 0 saturated heterocycles. The zero-order valence-electron chi connectivity index (χ0n) is 16.8. The fourth-order valence-corrected chi connectivity index (χ4v) is 3.24. The van der Waals surface area contributed by atoms with Crippen LogP contribution in [0.1, 0.15) is 13.8 Å². The predicted molar refractivity (Wildman–Crippen MR) is 102 cm³/mol. The van der Waals surface area contributed by atoms with E-state index in [1.807, 2.05) is 5.09 Å². The van der Waals surface area contributed by atoms with Crippen LogP contribution in [0.4, 0.5) is 22.0 Å². The summed E-state index contributed by atoms with van der Waals surface area (Å²) in [6, 6.07) is 7.06. The van der Waals surface area contributed by atoms with Gasteiger partial charge < -0.3 is 18.6 Å². The lowest BCUT2D eigenvalue weighted by Crippen LogP contribution is -2.21. The molecule has 1 N–H and O–H groups in total. The lowest BCUT2D eigenvalue weighted by atomic mass is 10.2. The van der Waals surface area contributed by atoms with Gasteiger partial charge in [-0.3, -0.25) is 0 Å². The molecule has 1 unspecified atom stereocenters. The number of hydrogen-bond acceptors (Lipinski definition) is 5. The van der Waals surface area contributed by atoms with Gasteiger partial charge in [0.05, 0.1) is 6.54 Å². The molecule has 0 amide bonds. The largest absolute Gasteiger partial charge is 0.513 e. The third kappa shape index (κ3) is 7.93.